The molecule has 17 heavy (non-hydrogen) atoms. The second kappa shape index (κ2) is 10.3. The van der Waals surface area contributed by atoms with Crippen molar-refractivity contribution in [3.63, 3.8) is 0 Å². The van der Waals surface area contributed by atoms with Crippen molar-refractivity contribution in [1.82, 2.24) is 9.80 Å². The number of nitrogens with zero attached hydrogens (tertiary/aromatic N) is 2. The number of hydrogen-bond donors (Lipinski definition) is 0. The van der Waals surface area contributed by atoms with Crippen LogP contribution in [0, 0.1) is 14.1 Å². The standard InChI is InChI=1S/C9H17N2.C2H4.CH3.2ClH.Ru/c1-8(2)10-5-6-11(7-10)9(3)4;1-2;;;;/h5-9H,1-4H3;1H,2H3;1H3;2*1H;/q-1;;-1;;;+2/p-2. The fraction of sp³-hybridized carbons (Fsp3) is 0.583. The van der Waals surface area contributed by atoms with Crippen molar-refractivity contribution in [3.05, 3.63) is 26.5 Å². The van der Waals surface area contributed by atoms with Crippen LogP contribution in [0.25, 0.3) is 0 Å². The number of halogens is 2. The van der Waals surface area contributed by atoms with Gasteiger partial charge in [0.05, 0.1) is 0 Å². The van der Waals surface area contributed by atoms with E-state index in [0.717, 1.165) is 0 Å². The molecule has 1 aliphatic rings. The van der Waals surface area contributed by atoms with E-state index >= 15 is 0 Å². The molecule has 0 radical (unpaired) electrons. The predicted octanol–water partition coefficient (Wildman–Crippen LogP) is 4.20. The van der Waals surface area contributed by atoms with Gasteiger partial charge >= 0.3 is 44.4 Å². The zero-order valence-electron chi connectivity index (χ0n) is 11.5. The minimum Gasteiger partial charge on any atom is -0.358 e. The van der Waals surface area contributed by atoms with E-state index in [4.69, 9.17) is 19.4 Å². The minimum absolute atomic E-state index is 0. The van der Waals surface area contributed by atoms with Gasteiger partial charge in [-0.3, -0.25) is 0 Å². The summed E-state index contributed by atoms with van der Waals surface area (Å²) in [6.07, 6.45) is 4.23. The third kappa shape index (κ3) is 9.05. The molecule has 5 heteroatoms. The van der Waals surface area contributed by atoms with Crippen LogP contribution in [0.15, 0.2) is 12.4 Å². The molecule has 0 aromatic carbocycles. The maximum absolute atomic E-state index is 5.32. The van der Waals surface area contributed by atoms with Gasteiger partial charge in [0.25, 0.3) is 0 Å². The molecule has 1 aliphatic heterocycles. The second-order valence-corrected chi connectivity index (χ2v) is 10.1. The summed E-state index contributed by atoms with van der Waals surface area (Å²) in [6, 6.07) is 1.13. The molecule has 0 aliphatic carbocycles. The Morgan fingerprint density at radius 1 is 1.06 bits per heavy atom. The van der Waals surface area contributed by atoms with Crippen LogP contribution in [-0.4, -0.2) is 26.5 Å². The van der Waals surface area contributed by atoms with Gasteiger partial charge < -0.3 is 17.2 Å². The Kier molecular flexibility index (Phi) is 12.0. The third-order valence-corrected chi connectivity index (χ3v) is 4.61. The third-order valence-electron chi connectivity index (χ3n) is 2.02. The van der Waals surface area contributed by atoms with Gasteiger partial charge in [-0.05, 0) is 52.2 Å². The predicted molar refractivity (Wildman–Crippen MR) is 77.2 cm³/mol. The molecule has 0 unspecified atom stereocenters. The average molecular weight is 368 g/mol. The van der Waals surface area contributed by atoms with E-state index in [1.165, 1.54) is 0 Å². The van der Waals surface area contributed by atoms with Crippen LogP contribution in [0.4, 0.5) is 0 Å². The molecule has 0 saturated carbocycles. The summed E-state index contributed by atoms with van der Waals surface area (Å²) >= 11 is -1.36. The molecule has 0 aromatic rings. The summed E-state index contributed by atoms with van der Waals surface area (Å²) in [4.78, 5) is 4.42. The molecule has 0 amide bonds. The Labute approximate surface area is 120 Å². The van der Waals surface area contributed by atoms with Gasteiger partial charge in [0.2, 0.25) is 0 Å². The Morgan fingerprint density at radius 2 is 1.35 bits per heavy atom. The van der Waals surface area contributed by atoms with Crippen LogP contribution in [0.1, 0.15) is 34.6 Å². The molecule has 2 nitrogen and oxygen atoms in total. The number of hydrogen-bond acceptors (Lipinski definition) is 2. The van der Waals surface area contributed by atoms with Gasteiger partial charge in [-0.2, -0.15) is 6.67 Å². The first-order valence-electron chi connectivity index (χ1n) is 5.24. The summed E-state index contributed by atoms with van der Waals surface area (Å²) in [5, 5.41) is 0. The van der Waals surface area contributed by atoms with Crippen molar-refractivity contribution in [3.8, 4) is 0 Å². The molecule has 0 bridgehead atoms. The summed E-state index contributed by atoms with van der Waals surface area (Å²) in [5.41, 5.74) is 0. The topological polar surface area (TPSA) is 6.48 Å². The van der Waals surface area contributed by atoms with Gasteiger partial charge in [-0.15, -0.1) is 0 Å². The second-order valence-electron chi connectivity index (χ2n) is 3.90. The van der Waals surface area contributed by atoms with Crippen LogP contribution < -0.4 is 0 Å². The first-order chi connectivity index (χ1) is 7.38. The van der Waals surface area contributed by atoms with E-state index in [1.54, 1.807) is 0 Å². The summed E-state index contributed by atoms with van der Waals surface area (Å²) in [5.74, 6) is 0. The van der Waals surface area contributed by atoms with Gasteiger partial charge in [0, 0.05) is 0 Å². The molecule has 106 valence electrons. The molecular formula is C12H24Cl2N2Ru-2. The largest absolute Gasteiger partial charge is 0.358 e. The maximum atomic E-state index is 5.32. The van der Waals surface area contributed by atoms with Crippen molar-refractivity contribution >= 4 is 24.0 Å². The first-order valence-corrected chi connectivity index (χ1v) is 10.7. The Balaban J connectivity index is 0. The fourth-order valence-electron chi connectivity index (χ4n) is 0.996. The van der Waals surface area contributed by atoms with Crippen LogP contribution >= 0.6 is 19.4 Å². The quantitative estimate of drug-likeness (QED) is 0.533. The van der Waals surface area contributed by atoms with E-state index in [2.05, 4.69) is 56.6 Å². The minimum atomic E-state index is -1.36. The zero-order chi connectivity index (χ0) is 12.7. The van der Waals surface area contributed by atoms with Gasteiger partial charge in [0.15, 0.2) is 0 Å². The Morgan fingerprint density at radius 3 is 1.47 bits per heavy atom. The molecule has 1 heterocycles. The summed E-state index contributed by atoms with van der Waals surface area (Å²) in [6.45, 7) is 12.8. The van der Waals surface area contributed by atoms with E-state index in [-0.39, 0.29) is 7.43 Å². The van der Waals surface area contributed by atoms with Gasteiger partial charge in [0.1, 0.15) is 0 Å². The molecular weight excluding hydrogens is 344 g/mol. The smallest absolute Gasteiger partial charge is 0.358 e. The van der Waals surface area contributed by atoms with E-state index in [9.17, 15) is 0 Å². The van der Waals surface area contributed by atoms with Crippen molar-refractivity contribution < 1.29 is 13.5 Å². The first kappa shape index (κ1) is 19.7. The molecule has 0 spiro atoms. The number of rotatable bonds is 2. The fourth-order valence-corrected chi connectivity index (χ4v) is 0.996. The molecule has 0 N–H and O–H groups in total. The molecule has 0 aromatic heterocycles. The molecule has 0 atom stereocenters. The van der Waals surface area contributed by atoms with Gasteiger partial charge in [-0.1, -0.05) is 0 Å². The van der Waals surface area contributed by atoms with Crippen molar-refractivity contribution in [2.45, 2.75) is 46.7 Å². The SMILES string of the molecule is CC(C)N1C=CN(C(C)C)[CH-]1.C[CH]=[Ru]([Cl])[Cl].[CH3-]. The van der Waals surface area contributed by atoms with Gasteiger partial charge in [-0.25, -0.2) is 0 Å². The van der Waals surface area contributed by atoms with E-state index in [0.29, 0.717) is 12.1 Å². The van der Waals surface area contributed by atoms with Crippen LogP contribution in [-0.2, 0) is 13.5 Å². The summed E-state index contributed by atoms with van der Waals surface area (Å²) in [7, 11) is 10.6. The van der Waals surface area contributed by atoms with Crippen LogP contribution in [0.5, 0.6) is 0 Å². The Bertz CT molecular complexity index is 233. The molecule has 0 saturated heterocycles. The van der Waals surface area contributed by atoms with E-state index < -0.39 is 13.5 Å². The zero-order valence-corrected chi connectivity index (χ0v) is 14.7. The average Bonchev–Trinajstić information content (AvgIpc) is 2.67. The summed E-state index contributed by atoms with van der Waals surface area (Å²) < 4.78 is 1.84. The van der Waals surface area contributed by atoms with E-state index in [1.807, 2.05) is 11.5 Å². The van der Waals surface area contributed by atoms with Crippen molar-refractivity contribution in [1.29, 1.82) is 0 Å². The van der Waals surface area contributed by atoms with Crippen molar-refractivity contribution in [2.24, 2.45) is 0 Å². The van der Waals surface area contributed by atoms with Crippen LogP contribution in [0.3, 0.4) is 0 Å². The van der Waals surface area contributed by atoms with Crippen LogP contribution in [0.2, 0.25) is 0 Å². The molecule has 1 rings (SSSR count). The maximum Gasteiger partial charge on any atom is -0.358 e. The normalized spacial score (nSPS) is 14.5. The van der Waals surface area contributed by atoms with Crippen molar-refractivity contribution in [2.75, 3.05) is 0 Å². The molecule has 0 fully saturated rings. The monoisotopic (exact) mass is 368 g/mol. The Hall–Kier alpha value is 0.413.